The molecule has 0 spiro atoms. The summed E-state index contributed by atoms with van der Waals surface area (Å²) < 4.78 is 13.0. The van der Waals surface area contributed by atoms with E-state index in [-0.39, 0.29) is 11.8 Å². The Labute approximate surface area is 83.6 Å². The third-order valence-electron chi connectivity index (χ3n) is 2.29. The topological polar surface area (TPSA) is 46.2 Å². The lowest BCUT2D eigenvalue weighted by atomic mass is 10.0. The number of aromatic hydroxyl groups is 1. The summed E-state index contributed by atoms with van der Waals surface area (Å²) in [5.41, 5.74) is 6.32. The molecule has 0 amide bonds. The van der Waals surface area contributed by atoms with Crippen LogP contribution < -0.4 is 5.73 Å². The Balaban J connectivity index is 2.79. The van der Waals surface area contributed by atoms with Crippen LogP contribution in [-0.4, -0.2) is 5.11 Å². The molecule has 3 heteroatoms. The molecule has 0 heterocycles. The second kappa shape index (κ2) is 4.96. The van der Waals surface area contributed by atoms with Gasteiger partial charge in [-0.3, -0.25) is 0 Å². The van der Waals surface area contributed by atoms with E-state index < -0.39 is 5.82 Å². The van der Waals surface area contributed by atoms with Crippen molar-refractivity contribution in [2.75, 3.05) is 0 Å². The molecule has 1 atom stereocenters. The van der Waals surface area contributed by atoms with E-state index in [0.717, 1.165) is 19.3 Å². The minimum Gasteiger partial charge on any atom is -0.505 e. The number of rotatable bonds is 4. The van der Waals surface area contributed by atoms with Crippen LogP contribution in [0.25, 0.3) is 0 Å². The lowest BCUT2D eigenvalue weighted by Crippen LogP contribution is -2.10. The molecule has 1 aromatic rings. The van der Waals surface area contributed by atoms with Crippen molar-refractivity contribution in [1.29, 1.82) is 0 Å². The number of phenols is 1. The number of nitrogens with two attached hydrogens (primary N) is 1. The van der Waals surface area contributed by atoms with E-state index in [2.05, 4.69) is 6.92 Å². The number of hydrogen-bond acceptors (Lipinski definition) is 2. The number of hydrogen-bond donors (Lipinski definition) is 2. The van der Waals surface area contributed by atoms with Gasteiger partial charge in [0.05, 0.1) is 0 Å². The number of unbranched alkanes of at least 4 members (excludes halogenated alkanes) is 1. The standard InChI is InChI=1S/C11H16FNO/c1-2-3-7-10(13)8-5-4-6-9(12)11(8)14/h4-6,10,14H,2-3,7,13H2,1H3. The molecule has 0 aliphatic heterocycles. The summed E-state index contributed by atoms with van der Waals surface area (Å²) in [5, 5.41) is 9.41. The van der Waals surface area contributed by atoms with Crippen LogP contribution in [-0.2, 0) is 0 Å². The quantitative estimate of drug-likeness (QED) is 0.779. The van der Waals surface area contributed by atoms with Gasteiger partial charge in [0.15, 0.2) is 11.6 Å². The molecule has 2 nitrogen and oxygen atoms in total. The summed E-state index contributed by atoms with van der Waals surface area (Å²) in [7, 11) is 0. The highest BCUT2D eigenvalue weighted by Gasteiger charge is 2.12. The van der Waals surface area contributed by atoms with E-state index in [1.807, 2.05) is 0 Å². The zero-order valence-corrected chi connectivity index (χ0v) is 8.33. The summed E-state index contributed by atoms with van der Waals surface area (Å²) in [6.45, 7) is 2.07. The van der Waals surface area contributed by atoms with Crippen LogP contribution in [0.5, 0.6) is 5.75 Å². The lowest BCUT2D eigenvalue weighted by molar-refractivity contribution is 0.417. The second-order valence-electron chi connectivity index (χ2n) is 3.43. The van der Waals surface area contributed by atoms with E-state index in [9.17, 15) is 9.50 Å². The zero-order valence-electron chi connectivity index (χ0n) is 8.33. The highest BCUT2D eigenvalue weighted by molar-refractivity contribution is 5.35. The fourth-order valence-electron chi connectivity index (χ4n) is 1.41. The molecular weight excluding hydrogens is 181 g/mol. The molecule has 1 unspecified atom stereocenters. The maximum absolute atomic E-state index is 13.0. The molecule has 0 radical (unpaired) electrons. The Morgan fingerprint density at radius 1 is 1.50 bits per heavy atom. The van der Waals surface area contributed by atoms with Crippen LogP contribution in [0, 0.1) is 5.82 Å². The second-order valence-corrected chi connectivity index (χ2v) is 3.43. The molecular formula is C11H16FNO. The predicted octanol–water partition coefficient (Wildman–Crippen LogP) is 2.72. The van der Waals surface area contributed by atoms with Crippen molar-refractivity contribution < 1.29 is 9.50 Å². The van der Waals surface area contributed by atoms with E-state index in [4.69, 9.17) is 5.73 Å². The molecule has 78 valence electrons. The monoisotopic (exact) mass is 197 g/mol. The maximum Gasteiger partial charge on any atom is 0.165 e. The van der Waals surface area contributed by atoms with Gasteiger partial charge in [-0.1, -0.05) is 31.9 Å². The average molecular weight is 197 g/mol. The molecule has 1 aromatic carbocycles. The van der Waals surface area contributed by atoms with Gasteiger partial charge in [0.25, 0.3) is 0 Å². The molecule has 0 aliphatic carbocycles. The Hall–Kier alpha value is -1.09. The van der Waals surface area contributed by atoms with E-state index in [0.29, 0.717) is 5.56 Å². The fourth-order valence-corrected chi connectivity index (χ4v) is 1.41. The van der Waals surface area contributed by atoms with Gasteiger partial charge in [0, 0.05) is 11.6 Å². The first kappa shape index (κ1) is 11.0. The molecule has 3 N–H and O–H groups in total. The van der Waals surface area contributed by atoms with Crippen LogP contribution in [0.3, 0.4) is 0 Å². The number of phenolic OH excluding ortho intramolecular Hbond substituents is 1. The van der Waals surface area contributed by atoms with Gasteiger partial charge >= 0.3 is 0 Å². The van der Waals surface area contributed by atoms with Crippen molar-refractivity contribution in [2.24, 2.45) is 5.73 Å². The van der Waals surface area contributed by atoms with Crippen molar-refractivity contribution in [3.63, 3.8) is 0 Å². The van der Waals surface area contributed by atoms with Gasteiger partial charge in [-0.05, 0) is 12.5 Å². The average Bonchev–Trinajstić information content (AvgIpc) is 2.18. The molecule has 0 aromatic heterocycles. The highest BCUT2D eigenvalue weighted by atomic mass is 19.1. The Morgan fingerprint density at radius 3 is 2.86 bits per heavy atom. The van der Waals surface area contributed by atoms with Crippen LogP contribution in [0.15, 0.2) is 18.2 Å². The first-order valence-electron chi connectivity index (χ1n) is 4.89. The first-order chi connectivity index (χ1) is 6.66. The molecule has 0 saturated carbocycles. The normalized spacial score (nSPS) is 12.8. The summed E-state index contributed by atoms with van der Waals surface area (Å²) in [6.07, 6.45) is 2.80. The Bertz CT molecular complexity index is 301. The van der Waals surface area contributed by atoms with Gasteiger partial charge in [0.1, 0.15) is 0 Å². The minimum atomic E-state index is -0.602. The van der Waals surface area contributed by atoms with Gasteiger partial charge in [0.2, 0.25) is 0 Å². The van der Waals surface area contributed by atoms with E-state index in [1.165, 1.54) is 6.07 Å². The van der Waals surface area contributed by atoms with Gasteiger partial charge in [-0.15, -0.1) is 0 Å². The molecule has 0 fully saturated rings. The first-order valence-corrected chi connectivity index (χ1v) is 4.89. The number of para-hydroxylation sites is 1. The Morgan fingerprint density at radius 2 is 2.21 bits per heavy atom. The van der Waals surface area contributed by atoms with Crippen molar-refractivity contribution >= 4 is 0 Å². The van der Waals surface area contributed by atoms with Crippen LogP contribution in [0.4, 0.5) is 4.39 Å². The third kappa shape index (κ3) is 2.45. The van der Waals surface area contributed by atoms with Gasteiger partial charge in [-0.25, -0.2) is 4.39 Å². The van der Waals surface area contributed by atoms with E-state index >= 15 is 0 Å². The summed E-state index contributed by atoms with van der Waals surface area (Å²) in [5.74, 6) is -0.912. The molecule has 1 rings (SSSR count). The van der Waals surface area contributed by atoms with Crippen molar-refractivity contribution in [2.45, 2.75) is 32.2 Å². The summed E-state index contributed by atoms with van der Waals surface area (Å²) in [6, 6.07) is 4.19. The molecule has 14 heavy (non-hydrogen) atoms. The van der Waals surface area contributed by atoms with E-state index in [1.54, 1.807) is 12.1 Å². The predicted molar refractivity (Wildman–Crippen MR) is 54.5 cm³/mol. The minimum absolute atomic E-state index is 0.273. The van der Waals surface area contributed by atoms with Crippen molar-refractivity contribution in [3.8, 4) is 5.75 Å². The molecule has 0 aliphatic rings. The smallest absolute Gasteiger partial charge is 0.165 e. The van der Waals surface area contributed by atoms with Crippen molar-refractivity contribution in [1.82, 2.24) is 0 Å². The van der Waals surface area contributed by atoms with Crippen molar-refractivity contribution in [3.05, 3.63) is 29.6 Å². The third-order valence-corrected chi connectivity index (χ3v) is 2.29. The number of benzene rings is 1. The van der Waals surface area contributed by atoms with Gasteiger partial charge < -0.3 is 10.8 Å². The van der Waals surface area contributed by atoms with Gasteiger partial charge in [-0.2, -0.15) is 0 Å². The Kier molecular flexibility index (Phi) is 3.89. The summed E-state index contributed by atoms with van der Waals surface area (Å²) >= 11 is 0. The molecule has 0 saturated heterocycles. The lowest BCUT2D eigenvalue weighted by Gasteiger charge is -2.13. The largest absolute Gasteiger partial charge is 0.505 e. The van der Waals surface area contributed by atoms with Crippen LogP contribution >= 0.6 is 0 Å². The fraction of sp³-hybridized carbons (Fsp3) is 0.455. The van der Waals surface area contributed by atoms with Crippen LogP contribution in [0.2, 0.25) is 0 Å². The maximum atomic E-state index is 13.0. The highest BCUT2D eigenvalue weighted by Crippen LogP contribution is 2.27. The zero-order chi connectivity index (χ0) is 10.6. The number of halogens is 1. The molecule has 0 bridgehead atoms. The van der Waals surface area contributed by atoms with Crippen LogP contribution in [0.1, 0.15) is 37.8 Å². The summed E-state index contributed by atoms with van der Waals surface area (Å²) in [4.78, 5) is 0. The SMILES string of the molecule is CCCCC(N)c1cccc(F)c1O.